The lowest BCUT2D eigenvalue weighted by Gasteiger charge is -2.30. The minimum atomic E-state index is -3.63. The molecule has 0 N–H and O–H groups in total. The number of aromatic nitrogens is 1. The van der Waals surface area contributed by atoms with E-state index >= 15 is 0 Å². The number of amides is 1. The fraction of sp³-hybridized carbons (Fsp3) is 0.304. The Hall–Kier alpha value is -3.33. The number of carbonyl (C=O) groups is 1. The summed E-state index contributed by atoms with van der Waals surface area (Å²) >= 11 is 1.19. The number of fused-ring (bicyclic) bond motifs is 1. The van der Waals surface area contributed by atoms with Crippen LogP contribution in [0.15, 0.2) is 52.4 Å². The van der Waals surface area contributed by atoms with Crippen molar-refractivity contribution in [2.24, 2.45) is 10.9 Å². The maximum absolute atomic E-state index is 12.9. The first-order valence-corrected chi connectivity index (χ1v) is 12.9. The highest BCUT2D eigenvalue weighted by molar-refractivity contribution is 7.89. The van der Waals surface area contributed by atoms with Gasteiger partial charge in [-0.2, -0.15) is 9.30 Å². The molecule has 0 aliphatic carbocycles. The Morgan fingerprint density at radius 2 is 2.03 bits per heavy atom. The average Bonchev–Trinajstić information content (AvgIpc) is 3.15. The van der Waals surface area contributed by atoms with Crippen molar-refractivity contribution >= 4 is 43.2 Å². The van der Waals surface area contributed by atoms with Crippen LogP contribution in [0.3, 0.4) is 0 Å². The molecule has 9 nitrogen and oxygen atoms in total. The summed E-state index contributed by atoms with van der Waals surface area (Å²) in [6.07, 6.45) is 7.29. The number of terminal acetylenes is 1. The van der Waals surface area contributed by atoms with Gasteiger partial charge in [-0.25, -0.2) is 8.42 Å². The van der Waals surface area contributed by atoms with E-state index in [0.29, 0.717) is 34.0 Å². The van der Waals surface area contributed by atoms with Crippen LogP contribution >= 0.6 is 11.3 Å². The molecule has 3 aromatic rings. The Bertz CT molecular complexity index is 1480. The molecule has 1 amide bonds. The summed E-state index contributed by atoms with van der Waals surface area (Å²) < 4.78 is 29.6. The molecule has 2 aromatic carbocycles. The van der Waals surface area contributed by atoms with Gasteiger partial charge in [-0.05, 0) is 49.1 Å². The van der Waals surface area contributed by atoms with Gasteiger partial charge in [-0.3, -0.25) is 14.9 Å². The molecule has 176 valence electrons. The van der Waals surface area contributed by atoms with Gasteiger partial charge in [0, 0.05) is 30.8 Å². The van der Waals surface area contributed by atoms with Gasteiger partial charge in [0.05, 0.1) is 26.6 Å². The summed E-state index contributed by atoms with van der Waals surface area (Å²) in [4.78, 5) is 28.1. The van der Waals surface area contributed by atoms with Crippen LogP contribution in [0.4, 0.5) is 5.69 Å². The zero-order valence-corrected chi connectivity index (χ0v) is 20.0. The third-order valence-corrected chi connectivity index (χ3v) is 8.62. The number of sulfonamides is 1. The van der Waals surface area contributed by atoms with E-state index in [1.54, 1.807) is 10.6 Å². The van der Waals surface area contributed by atoms with Crippen molar-refractivity contribution in [3.63, 3.8) is 0 Å². The fourth-order valence-corrected chi connectivity index (χ4v) is 6.54. The number of carbonyl (C=O) groups excluding carboxylic acids is 1. The van der Waals surface area contributed by atoms with Crippen LogP contribution in [-0.4, -0.2) is 41.2 Å². The predicted octanol–water partition coefficient (Wildman–Crippen LogP) is 3.41. The molecular formula is C23H22N4O5S2. The molecule has 4 rings (SSSR count). The van der Waals surface area contributed by atoms with E-state index in [-0.39, 0.29) is 22.7 Å². The summed E-state index contributed by atoms with van der Waals surface area (Å²) in [6.45, 7) is 3.09. The number of hydrogen-bond donors (Lipinski definition) is 0. The topological polar surface area (TPSA) is 115 Å². The normalized spacial score (nSPS) is 17.5. The lowest BCUT2D eigenvalue weighted by Crippen LogP contribution is -2.39. The predicted molar refractivity (Wildman–Crippen MR) is 129 cm³/mol. The lowest BCUT2D eigenvalue weighted by atomic mass is 10.0. The van der Waals surface area contributed by atoms with E-state index in [2.05, 4.69) is 10.9 Å². The highest BCUT2D eigenvalue weighted by atomic mass is 32.2. The lowest BCUT2D eigenvalue weighted by molar-refractivity contribution is -0.384. The van der Waals surface area contributed by atoms with Gasteiger partial charge in [0.2, 0.25) is 10.0 Å². The number of non-ortho nitro benzene ring substituents is 1. The molecule has 34 heavy (non-hydrogen) atoms. The molecule has 1 aromatic heterocycles. The molecule has 0 bridgehead atoms. The zero-order valence-electron chi connectivity index (χ0n) is 18.4. The number of piperidine rings is 1. The number of hydrogen-bond acceptors (Lipinski definition) is 6. The largest absolute Gasteiger partial charge is 0.304 e. The third-order valence-electron chi connectivity index (χ3n) is 5.68. The van der Waals surface area contributed by atoms with Crippen LogP contribution in [0, 0.1) is 28.4 Å². The summed E-state index contributed by atoms with van der Waals surface area (Å²) in [5.41, 5.74) is 0.649. The van der Waals surface area contributed by atoms with E-state index in [1.165, 1.54) is 52.0 Å². The van der Waals surface area contributed by atoms with Crippen molar-refractivity contribution < 1.29 is 18.1 Å². The zero-order chi connectivity index (χ0) is 24.5. The number of benzene rings is 2. The number of nitrogens with zero attached hydrogens (tertiary/aromatic N) is 4. The van der Waals surface area contributed by atoms with Crippen molar-refractivity contribution in [3.8, 4) is 12.3 Å². The second kappa shape index (κ2) is 9.50. The van der Waals surface area contributed by atoms with Crippen LogP contribution in [0.1, 0.15) is 30.1 Å². The molecule has 0 spiro atoms. The number of thiazole rings is 1. The van der Waals surface area contributed by atoms with Gasteiger partial charge in [-0.1, -0.05) is 24.2 Å². The van der Waals surface area contributed by atoms with Crippen LogP contribution in [0.5, 0.6) is 0 Å². The van der Waals surface area contributed by atoms with Gasteiger partial charge in [0.1, 0.15) is 0 Å². The summed E-state index contributed by atoms with van der Waals surface area (Å²) in [7, 11) is -3.63. The molecule has 1 aliphatic heterocycles. The maximum atomic E-state index is 12.9. The third kappa shape index (κ3) is 4.65. The van der Waals surface area contributed by atoms with Gasteiger partial charge >= 0.3 is 0 Å². The Kier molecular flexibility index (Phi) is 6.65. The maximum Gasteiger partial charge on any atom is 0.279 e. The Balaban J connectivity index is 1.66. The SMILES string of the molecule is C#CCn1c(=NC(=O)c2ccc(S(=O)(=O)N3CCCC(C)C3)cc2)sc2ccc([N+](=O)[O-])cc21. The summed E-state index contributed by atoms with van der Waals surface area (Å²) in [5.74, 6) is 2.22. The Labute approximate surface area is 200 Å². The minimum absolute atomic E-state index is 0.0821. The monoisotopic (exact) mass is 498 g/mol. The first-order valence-electron chi connectivity index (χ1n) is 10.6. The molecule has 1 aliphatic rings. The van der Waals surface area contributed by atoms with Gasteiger partial charge < -0.3 is 4.57 Å². The second-order valence-electron chi connectivity index (χ2n) is 8.14. The highest BCUT2D eigenvalue weighted by Gasteiger charge is 2.28. The molecule has 1 unspecified atom stereocenters. The quantitative estimate of drug-likeness (QED) is 0.304. The first kappa shape index (κ1) is 23.8. The second-order valence-corrected chi connectivity index (χ2v) is 11.1. The average molecular weight is 499 g/mol. The standard InChI is InChI=1S/C23H22N4O5S2/c1-3-12-26-20-14-18(27(29)30)8-11-21(20)33-23(26)24-22(28)17-6-9-19(10-7-17)34(31,32)25-13-4-5-16(2)15-25/h1,6-11,14,16H,4-5,12-13,15H2,2H3. The minimum Gasteiger partial charge on any atom is -0.304 e. The molecule has 1 saturated heterocycles. The molecule has 0 saturated carbocycles. The van der Waals surface area contributed by atoms with E-state index in [9.17, 15) is 23.3 Å². The van der Waals surface area contributed by atoms with Crippen molar-refractivity contribution in [1.82, 2.24) is 8.87 Å². The molecular weight excluding hydrogens is 476 g/mol. The first-order chi connectivity index (χ1) is 16.2. The molecule has 11 heteroatoms. The summed E-state index contributed by atoms with van der Waals surface area (Å²) in [6, 6.07) is 10.1. The highest BCUT2D eigenvalue weighted by Crippen LogP contribution is 2.25. The number of nitro groups is 1. The molecule has 1 atom stereocenters. The Morgan fingerprint density at radius 3 is 2.68 bits per heavy atom. The van der Waals surface area contributed by atoms with Crippen molar-refractivity contribution in [1.29, 1.82) is 0 Å². The molecule has 0 radical (unpaired) electrons. The number of nitro benzene ring substituents is 1. The van der Waals surface area contributed by atoms with Crippen molar-refractivity contribution in [2.75, 3.05) is 13.1 Å². The van der Waals surface area contributed by atoms with Crippen LogP contribution in [0.25, 0.3) is 10.2 Å². The van der Waals surface area contributed by atoms with Crippen LogP contribution < -0.4 is 4.80 Å². The van der Waals surface area contributed by atoms with E-state index in [4.69, 9.17) is 6.42 Å². The van der Waals surface area contributed by atoms with E-state index < -0.39 is 20.9 Å². The van der Waals surface area contributed by atoms with E-state index in [0.717, 1.165) is 12.8 Å². The van der Waals surface area contributed by atoms with Crippen LogP contribution in [0.2, 0.25) is 0 Å². The number of rotatable bonds is 5. The summed E-state index contributed by atoms with van der Waals surface area (Å²) in [5, 5.41) is 11.1. The Morgan fingerprint density at radius 1 is 1.29 bits per heavy atom. The fourth-order valence-electron chi connectivity index (χ4n) is 3.93. The van der Waals surface area contributed by atoms with Crippen molar-refractivity contribution in [2.45, 2.75) is 31.2 Å². The van der Waals surface area contributed by atoms with Gasteiger partial charge in [0.15, 0.2) is 4.80 Å². The molecule has 2 heterocycles. The van der Waals surface area contributed by atoms with Gasteiger partial charge in [0.25, 0.3) is 11.6 Å². The van der Waals surface area contributed by atoms with Crippen molar-refractivity contribution in [3.05, 3.63) is 62.9 Å². The van der Waals surface area contributed by atoms with E-state index in [1.807, 2.05) is 6.92 Å². The smallest absolute Gasteiger partial charge is 0.279 e. The van der Waals surface area contributed by atoms with Crippen LogP contribution in [-0.2, 0) is 16.6 Å². The van der Waals surface area contributed by atoms with Gasteiger partial charge in [-0.15, -0.1) is 6.42 Å². The molecule has 1 fully saturated rings.